The Morgan fingerprint density at radius 3 is 2.00 bits per heavy atom. The highest BCUT2D eigenvalue weighted by Crippen LogP contribution is 2.23. The molecule has 0 heterocycles. The fourth-order valence-corrected chi connectivity index (χ4v) is 3.17. The number of aryl methyl sites for hydroxylation is 3. The number of rotatable bonds is 5. The molecule has 152 valence electrons. The average Bonchev–Trinajstić information content (AvgIpc) is 2.71. The topological polar surface area (TPSA) is 77.8 Å². The van der Waals surface area contributed by atoms with Crippen LogP contribution >= 0.6 is 0 Å². The monoisotopic (exact) mass is 393 g/mol. The van der Waals surface area contributed by atoms with Crippen LogP contribution in [-0.2, 0) is 16.0 Å². The molecule has 3 rings (SSSR count). The van der Waals surface area contributed by atoms with E-state index < -0.39 is 11.9 Å². The van der Waals surface area contributed by atoms with E-state index >= 15 is 0 Å². The molecular weight excluding hydrogens is 366 g/mol. The van der Waals surface area contributed by atoms with Crippen LogP contribution in [0.15, 0.2) is 60.7 Å². The van der Waals surface area contributed by atoms with Crippen molar-refractivity contribution in [2.45, 2.75) is 26.7 Å². The Hall–Kier alpha value is -3.34. The Morgan fingerprint density at radius 1 is 0.828 bits per heavy atom. The zero-order chi connectivity index (χ0) is 21.4. The van der Waals surface area contributed by atoms with Gasteiger partial charge >= 0.3 is 11.9 Å². The first-order valence-electron chi connectivity index (χ1n) is 9.51. The molecule has 3 aromatic carbocycles. The van der Waals surface area contributed by atoms with Crippen molar-refractivity contribution in [2.24, 2.45) is 0 Å². The van der Waals surface area contributed by atoms with Gasteiger partial charge in [-0.15, -0.1) is 0 Å². The number of carboxylic acids is 2. The molecule has 3 aromatic rings. The van der Waals surface area contributed by atoms with E-state index in [1.165, 1.54) is 33.2 Å². The molecule has 0 unspecified atom stereocenters. The van der Waals surface area contributed by atoms with Gasteiger partial charge in [-0.05, 0) is 60.7 Å². The molecule has 0 saturated carbocycles. The van der Waals surface area contributed by atoms with Crippen molar-refractivity contribution in [3.63, 3.8) is 0 Å². The van der Waals surface area contributed by atoms with E-state index in [2.05, 4.69) is 86.5 Å². The van der Waals surface area contributed by atoms with E-state index in [4.69, 9.17) is 19.8 Å². The number of anilines is 1. The summed E-state index contributed by atoms with van der Waals surface area (Å²) in [5.41, 5.74) is 5.43. The van der Waals surface area contributed by atoms with Gasteiger partial charge in [0.1, 0.15) is 0 Å². The summed E-state index contributed by atoms with van der Waals surface area (Å²) < 4.78 is 0. The lowest BCUT2D eigenvalue weighted by molar-refractivity contribution is -0.159. The predicted molar refractivity (Wildman–Crippen MR) is 117 cm³/mol. The Kier molecular flexibility index (Phi) is 7.78. The second-order valence-corrected chi connectivity index (χ2v) is 7.06. The normalized spacial score (nSPS) is 10.2. The van der Waals surface area contributed by atoms with Crippen LogP contribution in [0.2, 0.25) is 0 Å². The van der Waals surface area contributed by atoms with Crippen molar-refractivity contribution in [1.29, 1.82) is 0 Å². The Labute approximate surface area is 171 Å². The van der Waals surface area contributed by atoms with Gasteiger partial charge in [0.05, 0.1) is 0 Å². The van der Waals surface area contributed by atoms with Crippen LogP contribution in [0.5, 0.6) is 0 Å². The second-order valence-electron chi connectivity index (χ2n) is 7.06. The zero-order valence-electron chi connectivity index (χ0n) is 17.1. The molecule has 0 atom stereocenters. The van der Waals surface area contributed by atoms with Crippen molar-refractivity contribution in [1.82, 2.24) is 0 Å². The highest BCUT2D eigenvalue weighted by atomic mass is 16.4. The van der Waals surface area contributed by atoms with Gasteiger partial charge in [0.25, 0.3) is 0 Å². The van der Waals surface area contributed by atoms with Crippen LogP contribution in [-0.4, -0.2) is 35.7 Å². The first-order valence-corrected chi connectivity index (χ1v) is 9.51. The van der Waals surface area contributed by atoms with E-state index in [0.29, 0.717) is 0 Å². The van der Waals surface area contributed by atoms with E-state index in [9.17, 15) is 0 Å². The summed E-state index contributed by atoms with van der Waals surface area (Å²) in [6.45, 7) is 5.40. The molecule has 0 aromatic heterocycles. The summed E-state index contributed by atoms with van der Waals surface area (Å²) in [4.78, 5) is 20.5. The zero-order valence-corrected chi connectivity index (χ0v) is 17.1. The number of carbonyl (C=O) groups is 2. The standard InChI is InChI=1S/C22H25N.C2H2O4/c1-17-10-14-20(15-11-17)23(3)16-6-7-19-13-12-18(2)21-8-4-5-9-22(19)21;3-1(4)2(5)6/h4-5,8-15H,6-7,16H2,1-3H3;(H,3,4)(H,5,6). The molecule has 5 heteroatoms. The van der Waals surface area contributed by atoms with E-state index in [1.54, 1.807) is 0 Å². The van der Waals surface area contributed by atoms with Gasteiger partial charge < -0.3 is 15.1 Å². The summed E-state index contributed by atoms with van der Waals surface area (Å²) >= 11 is 0. The van der Waals surface area contributed by atoms with Crippen molar-refractivity contribution in [3.05, 3.63) is 77.4 Å². The maximum absolute atomic E-state index is 9.10. The third-order valence-electron chi connectivity index (χ3n) is 4.83. The fraction of sp³-hybridized carbons (Fsp3) is 0.250. The molecule has 0 saturated heterocycles. The number of aliphatic carboxylic acids is 2. The Morgan fingerprint density at radius 2 is 1.41 bits per heavy atom. The smallest absolute Gasteiger partial charge is 0.414 e. The molecule has 0 aliphatic heterocycles. The molecule has 5 nitrogen and oxygen atoms in total. The fourth-order valence-electron chi connectivity index (χ4n) is 3.17. The minimum absolute atomic E-state index is 1.07. The summed E-state index contributed by atoms with van der Waals surface area (Å²) in [5.74, 6) is -3.65. The Bertz CT molecular complexity index is 968. The van der Waals surface area contributed by atoms with Crippen molar-refractivity contribution < 1.29 is 19.8 Å². The number of nitrogens with zero attached hydrogens (tertiary/aromatic N) is 1. The average molecular weight is 393 g/mol. The lowest BCUT2D eigenvalue weighted by atomic mass is 9.97. The maximum atomic E-state index is 9.10. The number of benzene rings is 3. The Balaban J connectivity index is 0.000000438. The molecule has 2 N–H and O–H groups in total. The van der Waals surface area contributed by atoms with Gasteiger partial charge in [-0.1, -0.05) is 54.1 Å². The van der Waals surface area contributed by atoms with Crippen LogP contribution in [0.4, 0.5) is 5.69 Å². The lowest BCUT2D eigenvalue weighted by Gasteiger charge is -2.19. The molecule has 0 fully saturated rings. The molecule has 0 bridgehead atoms. The van der Waals surface area contributed by atoms with E-state index in [1.807, 2.05) is 0 Å². The van der Waals surface area contributed by atoms with Crippen LogP contribution in [0.1, 0.15) is 23.1 Å². The van der Waals surface area contributed by atoms with Crippen molar-refractivity contribution >= 4 is 28.4 Å². The predicted octanol–water partition coefficient (Wildman–Crippen LogP) is 4.68. The minimum Gasteiger partial charge on any atom is -0.473 e. The van der Waals surface area contributed by atoms with Crippen molar-refractivity contribution in [3.8, 4) is 0 Å². The van der Waals surface area contributed by atoms with E-state index in [0.717, 1.165) is 19.4 Å². The van der Waals surface area contributed by atoms with Crippen LogP contribution in [0.3, 0.4) is 0 Å². The summed E-state index contributed by atoms with van der Waals surface area (Å²) in [6, 6.07) is 22.1. The SMILES string of the molecule is Cc1ccc(N(C)CCCc2ccc(C)c3ccccc23)cc1.O=C(O)C(=O)O. The largest absolute Gasteiger partial charge is 0.473 e. The highest BCUT2D eigenvalue weighted by Gasteiger charge is 2.05. The third kappa shape index (κ3) is 6.35. The van der Waals surface area contributed by atoms with Gasteiger partial charge in [-0.2, -0.15) is 0 Å². The number of fused-ring (bicyclic) bond motifs is 1. The molecule has 0 aliphatic rings. The number of carboxylic acid groups (broad SMARTS) is 2. The number of hydrogen-bond donors (Lipinski definition) is 2. The molecule has 29 heavy (non-hydrogen) atoms. The molecule has 0 radical (unpaired) electrons. The van der Waals surface area contributed by atoms with Gasteiger partial charge in [-0.25, -0.2) is 9.59 Å². The van der Waals surface area contributed by atoms with Gasteiger partial charge in [-0.3, -0.25) is 0 Å². The summed E-state index contributed by atoms with van der Waals surface area (Å²) in [5, 5.41) is 17.6. The maximum Gasteiger partial charge on any atom is 0.414 e. The second kappa shape index (κ2) is 10.3. The van der Waals surface area contributed by atoms with Gasteiger partial charge in [0.2, 0.25) is 0 Å². The van der Waals surface area contributed by atoms with E-state index in [-0.39, 0.29) is 0 Å². The van der Waals surface area contributed by atoms with Gasteiger partial charge in [0, 0.05) is 19.3 Å². The van der Waals surface area contributed by atoms with Crippen LogP contribution < -0.4 is 4.90 Å². The minimum atomic E-state index is -1.82. The third-order valence-corrected chi connectivity index (χ3v) is 4.83. The highest BCUT2D eigenvalue weighted by molar-refractivity contribution is 6.27. The molecule has 0 aliphatic carbocycles. The van der Waals surface area contributed by atoms with Gasteiger partial charge in [0.15, 0.2) is 0 Å². The lowest BCUT2D eigenvalue weighted by Crippen LogP contribution is -2.18. The molecule has 0 spiro atoms. The van der Waals surface area contributed by atoms with Crippen LogP contribution in [0, 0.1) is 13.8 Å². The van der Waals surface area contributed by atoms with Crippen LogP contribution in [0.25, 0.3) is 10.8 Å². The summed E-state index contributed by atoms with van der Waals surface area (Å²) in [6.07, 6.45) is 2.29. The molecule has 0 amide bonds. The summed E-state index contributed by atoms with van der Waals surface area (Å²) in [7, 11) is 2.18. The van der Waals surface area contributed by atoms with Crippen molar-refractivity contribution in [2.75, 3.05) is 18.5 Å². The quantitative estimate of drug-likeness (QED) is 0.616. The number of hydrogen-bond acceptors (Lipinski definition) is 3. The first kappa shape index (κ1) is 22.0. The molecular formula is C24H27NO4. The first-order chi connectivity index (χ1) is 13.8.